The number of rotatable bonds is 5. The standard InChI is InChI=1S/C45H27N3S2/c1-2-9-28(10-3-1)29-17-21-31(22-18-29)43-46-44(48-45(47-43)33-25-26-40-37(27-33)35-11-4-6-14-38(35)49-40)32-23-19-30(20-24-32)34-13-8-16-41-42(34)36-12-5-7-15-39(36)50-41/h1-27H. The Labute approximate surface area is 296 Å². The number of nitrogens with zero attached hydrogens (tertiary/aromatic N) is 3. The fourth-order valence-corrected chi connectivity index (χ4v) is 9.10. The Morgan fingerprint density at radius 2 is 0.780 bits per heavy atom. The van der Waals surface area contributed by atoms with Crippen LogP contribution in [-0.2, 0) is 0 Å². The third-order valence-corrected chi connectivity index (χ3v) is 11.7. The zero-order chi connectivity index (χ0) is 33.0. The fourth-order valence-electron chi connectivity index (χ4n) is 6.88. The molecular weight excluding hydrogens is 647 g/mol. The summed E-state index contributed by atoms with van der Waals surface area (Å²) in [6, 6.07) is 58.0. The highest BCUT2D eigenvalue weighted by Gasteiger charge is 2.16. The third kappa shape index (κ3) is 4.98. The topological polar surface area (TPSA) is 38.7 Å². The van der Waals surface area contributed by atoms with Crippen molar-refractivity contribution in [1.29, 1.82) is 0 Å². The molecule has 234 valence electrons. The second kappa shape index (κ2) is 11.8. The minimum absolute atomic E-state index is 0.651. The van der Waals surface area contributed by atoms with E-state index in [0.717, 1.165) is 22.3 Å². The van der Waals surface area contributed by atoms with Crippen molar-refractivity contribution >= 4 is 63.0 Å². The van der Waals surface area contributed by atoms with Crippen LogP contribution >= 0.6 is 22.7 Å². The van der Waals surface area contributed by atoms with E-state index in [1.54, 1.807) is 0 Å². The van der Waals surface area contributed by atoms with Gasteiger partial charge < -0.3 is 0 Å². The van der Waals surface area contributed by atoms with Crippen LogP contribution in [-0.4, -0.2) is 15.0 Å². The van der Waals surface area contributed by atoms with Gasteiger partial charge in [0.15, 0.2) is 17.5 Å². The number of thiophene rings is 2. The highest BCUT2D eigenvalue weighted by molar-refractivity contribution is 7.26. The van der Waals surface area contributed by atoms with E-state index in [-0.39, 0.29) is 0 Å². The Balaban J connectivity index is 1.10. The third-order valence-electron chi connectivity index (χ3n) is 9.38. The first-order valence-electron chi connectivity index (χ1n) is 16.6. The summed E-state index contributed by atoms with van der Waals surface area (Å²) >= 11 is 3.66. The second-order valence-corrected chi connectivity index (χ2v) is 14.6. The van der Waals surface area contributed by atoms with Gasteiger partial charge in [-0.25, -0.2) is 15.0 Å². The van der Waals surface area contributed by atoms with Gasteiger partial charge in [-0.2, -0.15) is 0 Å². The van der Waals surface area contributed by atoms with E-state index in [9.17, 15) is 0 Å². The number of benzene rings is 7. The van der Waals surface area contributed by atoms with Crippen molar-refractivity contribution in [2.45, 2.75) is 0 Å². The second-order valence-electron chi connectivity index (χ2n) is 12.4. The van der Waals surface area contributed by atoms with Crippen LogP contribution in [0.1, 0.15) is 0 Å². The Bertz CT molecular complexity index is 2850. The molecule has 10 aromatic rings. The average Bonchev–Trinajstić information content (AvgIpc) is 3.76. The lowest BCUT2D eigenvalue weighted by molar-refractivity contribution is 1.07. The van der Waals surface area contributed by atoms with E-state index < -0.39 is 0 Å². The average molecular weight is 674 g/mol. The van der Waals surface area contributed by atoms with E-state index in [2.05, 4.69) is 158 Å². The van der Waals surface area contributed by atoms with Crippen molar-refractivity contribution in [2.75, 3.05) is 0 Å². The molecule has 7 aromatic carbocycles. The van der Waals surface area contributed by atoms with Gasteiger partial charge in [0, 0.05) is 57.0 Å². The molecule has 0 aliphatic carbocycles. The van der Waals surface area contributed by atoms with Crippen LogP contribution in [0, 0.1) is 0 Å². The predicted octanol–water partition coefficient (Wildman–Crippen LogP) is 12.9. The first kappa shape index (κ1) is 29.0. The molecule has 0 spiro atoms. The number of hydrogen-bond donors (Lipinski definition) is 0. The minimum Gasteiger partial charge on any atom is -0.208 e. The molecule has 0 radical (unpaired) electrons. The van der Waals surface area contributed by atoms with Crippen LogP contribution in [0.2, 0.25) is 0 Å². The van der Waals surface area contributed by atoms with Gasteiger partial charge in [0.05, 0.1) is 0 Å². The molecule has 10 rings (SSSR count). The van der Waals surface area contributed by atoms with E-state index >= 15 is 0 Å². The van der Waals surface area contributed by atoms with Gasteiger partial charge in [0.1, 0.15) is 0 Å². The van der Waals surface area contributed by atoms with Crippen LogP contribution < -0.4 is 0 Å². The Morgan fingerprint density at radius 3 is 1.50 bits per heavy atom. The van der Waals surface area contributed by atoms with Gasteiger partial charge >= 0.3 is 0 Å². The molecule has 0 aliphatic heterocycles. The van der Waals surface area contributed by atoms with Crippen molar-refractivity contribution < 1.29 is 0 Å². The van der Waals surface area contributed by atoms with Gasteiger partial charge in [0.25, 0.3) is 0 Å². The summed E-state index contributed by atoms with van der Waals surface area (Å²) < 4.78 is 5.14. The van der Waals surface area contributed by atoms with E-state index in [4.69, 9.17) is 15.0 Å². The van der Waals surface area contributed by atoms with Gasteiger partial charge in [0.2, 0.25) is 0 Å². The molecule has 3 nitrogen and oxygen atoms in total. The van der Waals surface area contributed by atoms with Crippen molar-refractivity contribution in [3.8, 4) is 56.4 Å². The molecule has 50 heavy (non-hydrogen) atoms. The summed E-state index contributed by atoms with van der Waals surface area (Å²) in [4.78, 5) is 15.3. The maximum absolute atomic E-state index is 5.10. The zero-order valence-corrected chi connectivity index (χ0v) is 28.4. The lowest BCUT2D eigenvalue weighted by atomic mass is 9.98. The highest BCUT2D eigenvalue weighted by atomic mass is 32.1. The summed E-state index contributed by atoms with van der Waals surface area (Å²) in [6.45, 7) is 0. The molecule has 0 atom stereocenters. The van der Waals surface area contributed by atoms with Gasteiger partial charge in [-0.1, -0.05) is 127 Å². The quantitative estimate of drug-likeness (QED) is 0.182. The molecule has 0 N–H and O–H groups in total. The smallest absolute Gasteiger partial charge is 0.164 e. The molecule has 0 saturated heterocycles. The number of hydrogen-bond acceptors (Lipinski definition) is 5. The lowest BCUT2D eigenvalue weighted by Gasteiger charge is -2.10. The maximum atomic E-state index is 5.10. The maximum Gasteiger partial charge on any atom is 0.164 e. The normalized spacial score (nSPS) is 11.6. The molecule has 0 aliphatic rings. The lowest BCUT2D eigenvalue weighted by Crippen LogP contribution is -2.00. The summed E-state index contributed by atoms with van der Waals surface area (Å²) in [5, 5.41) is 5.08. The van der Waals surface area contributed by atoms with Crippen molar-refractivity contribution in [3.05, 3.63) is 164 Å². The molecular formula is C45H27N3S2. The fraction of sp³-hybridized carbons (Fsp3) is 0. The van der Waals surface area contributed by atoms with E-state index in [1.165, 1.54) is 57.0 Å². The summed E-state index contributed by atoms with van der Waals surface area (Å²) in [5.41, 5.74) is 7.61. The first-order chi connectivity index (χ1) is 24.7. The Kier molecular flexibility index (Phi) is 6.86. The summed E-state index contributed by atoms with van der Waals surface area (Å²) in [5.74, 6) is 1.96. The Hall–Kier alpha value is -6.01. The largest absolute Gasteiger partial charge is 0.208 e. The van der Waals surface area contributed by atoms with Crippen molar-refractivity contribution in [2.24, 2.45) is 0 Å². The zero-order valence-electron chi connectivity index (χ0n) is 26.7. The van der Waals surface area contributed by atoms with E-state index in [1.807, 2.05) is 28.7 Å². The minimum atomic E-state index is 0.651. The molecule has 3 heterocycles. The van der Waals surface area contributed by atoms with Crippen LogP contribution in [0.5, 0.6) is 0 Å². The van der Waals surface area contributed by atoms with Crippen LogP contribution in [0.4, 0.5) is 0 Å². The number of aromatic nitrogens is 3. The Morgan fingerprint density at radius 1 is 0.300 bits per heavy atom. The summed E-state index contributed by atoms with van der Waals surface area (Å²) in [7, 11) is 0. The van der Waals surface area contributed by atoms with Gasteiger partial charge in [-0.15, -0.1) is 22.7 Å². The SMILES string of the molecule is c1ccc(-c2ccc(-c3nc(-c4ccc(-c5cccc6sc7ccccc7c56)cc4)nc(-c4ccc5sc6ccccc6c5c4)n3)cc2)cc1. The van der Waals surface area contributed by atoms with Crippen molar-refractivity contribution in [1.82, 2.24) is 15.0 Å². The molecule has 5 heteroatoms. The predicted molar refractivity (Wildman–Crippen MR) is 213 cm³/mol. The number of fused-ring (bicyclic) bond motifs is 6. The molecule has 0 bridgehead atoms. The van der Waals surface area contributed by atoms with Gasteiger partial charge in [-0.05, 0) is 58.7 Å². The molecule has 0 amide bonds. The van der Waals surface area contributed by atoms with Crippen LogP contribution in [0.3, 0.4) is 0 Å². The summed E-state index contributed by atoms with van der Waals surface area (Å²) in [6.07, 6.45) is 0. The first-order valence-corrected chi connectivity index (χ1v) is 18.2. The van der Waals surface area contributed by atoms with E-state index in [0.29, 0.717) is 17.5 Å². The molecule has 0 saturated carbocycles. The molecule has 0 fully saturated rings. The monoisotopic (exact) mass is 673 g/mol. The van der Waals surface area contributed by atoms with Crippen molar-refractivity contribution in [3.63, 3.8) is 0 Å². The van der Waals surface area contributed by atoms with Crippen LogP contribution in [0.15, 0.2) is 164 Å². The molecule has 0 unspecified atom stereocenters. The van der Waals surface area contributed by atoms with Crippen LogP contribution in [0.25, 0.3) is 96.8 Å². The van der Waals surface area contributed by atoms with Gasteiger partial charge in [-0.3, -0.25) is 0 Å². The molecule has 3 aromatic heterocycles. The highest BCUT2D eigenvalue weighted by Crippen LogP contribution is 2.41.